The molecule has 0 aliphatic carbocycles. The number of aryl methyl sites for hydroxylation is 1. The molecule has 0 atom stereocenters. The van der Waals surface area contributed by atoms with Crippen molar-refractivity contribution in [3.63, 3.8) is 0 Å². The highest BCUT2D eigenvalue weighted by atomic mass is 16.3. The Hall–Kier alpha value is -2.82. The van der Waals surface area contributed by atoms with Crippen molar-refractivity contribution in [3.05, 3.63) is 59.7 Å². The van der Waals surface area contributed by atoms with Crippen LogP contribution in [0.3, 0.4) is 0 Å². The molecule has 0 saturated carbocycles. The van der Waals surface area contributed by atoms with E-state index in [0.29, 0.717) is 5.69 Å². The maximum Gasteiger partial charge on any atom is 0.313 e. The van der Waals surface area contributed by atoms with Crippen molar-refractivity contribution in [2.45, 2.75) is 13.5 Å². The zero-order valence-electron chi connectivity index (χ0n) is 11.6. The lowest BCUT2D eigenvalue weighted by atomic mass is 10.1. The molecule has 0 unspecified atom stereocenters. The lowest BCUT2D eigenvalue weighted by molar-refractivity contribution is -0.136. The molecule has 2 rings (SSSR count). The van der Waals surface area contributed by atoms with Gasteiger partial charge in [0.2, 0.25) is 0 Å². The number of carbonyl (C=O) groups is 2. The Balaban J connectivity index is 1.88. The highest BCUT2D eigenvalue weighted by Gasteiger charge is 2.13. The van der Waals surface area contributed by atoms with E-state index < -0.39 is 11.8 Å². The molecule has 0 aromatic heterocycles. The number of carbonyl (C=O) groups excluding carboxylic acids is 2. The minimum Gasteiger partial charge on any atom is -0.508 e. The summed E-state index contributed by atoms with van der Waals surface area (Å²) in [7, 11) is 0. The van der Waals surface area contributed by atoms with Crippen LogP contribution in [0.15, 0.2) is 48.5 Å². The fourth-order valence-electron chi connectivity index (χ4n) is 1.74. The van der Waals surface area contributed by atoms with Crippen molar-refractivity contribution in [3.8, 4) is 5.75 Å². The van der Waals surface area contributed by atoms with E-state index in [9.17, 15) is 14.7 Å². The molecule has 0 heterocycles. The average molecular weight is 284 g/mol. The molecule has 2 aromatic carbocycles. The summed E-state index contributed by atoms with van der Waals surface area (Å²) in [5, 5.41) is 14.2. The van der Waals surface area contributed by atoms with E-state index in [1.165, 1.54) is 12.1 Å². The summed E-state index contributed by atoms with van der Waals surface area (Å²) in [6.07, 6.45) is 0. The van der Waals surface area contributed by atoms with Crippen molar-refractivity contribution in [1.82, 2.24) is 5.32 Å². The first-order valence-electron chi connectivity index (χ1n) is 6.48. The predicted octanol–water partition coefficient (Wildman–Crippen LogP) is 1.96. The number of hydrogen-bond acceptors (Lipinski definition) is 3. The normalized spacial score (nSPS) is 9.95. The lowest BCUT2D eigenvalue weighted by Gasteiger charge is -2.07. The van der Waals surface area contributed by atoms with Crippen LogP contribution < -0.4 is 10.6 Å². The molecule has 5 heteroatoms. The Morgan fingerprint density at radius 1 is 1.05 bits per heavy atom. The Labute approximate surface area is 122 Å². The highest BCUT2D eigenvalue weighted by molar-refractivity contribution is 6.39. The SMILES string of the molecule is Cc1ccc(CNC(=O)C(=O)Nc2cccc(O)c2)cc1. The maximum atomic E-state index is 11.7. The van der Waals surface area contributed by atoms with Crippen LogP contribution in [0.5, 0.6) is 5.75 Å². The molecule has 0 aliphatic rings. The van der Waals surface area contributed by atoms with Gasteiger partial charge in [-0.25, -0.2) is 0 Å². The Morgan fingerprint density at radius 3 is 2.43 bits per heavy atom. The van der Waals surface area contributed by atoms with Crippen molar-refractivity contribution < 1.29 is 14.7 Å². The zero-order chi connectivity index (χ0) is 15.2. The van der Waals surface area contributed by atoms with Gasteiger partial charge in [0.25, 0.3) is 0 Å². The molecule has 5 nitrogen and oxygen atoms in total. The standard InChI is InChI=1S/C16H16N2O3/c1-11-5-7-12(8-6-11)10-17-15(20)16(21)18-13-3-2-4-14(19)9-13/h2-9,19H,10H2,1H3,(H,17,20)(H,18,21). The van der Waals surface area contributed by atoms with Gasteiger partial charge in [-0.1, -0.05) is 35.9 Å². The third kappa shape index (κ3) is 4.35. The van der Waals surface area contributed by atoms with Crippen LogP contribution in [0.4, 0.5) is 5.69 Å². The van der Waals surface area contributed by atoms with Crippen molar-refractivity contribution in [1.29, 1.82) is 0 Å². The number of rotatable bonds is 3. The molecule has 21 heavy (non-hydrogen) atoms. The van der Waals surface area contributed by atoms with Crippen LogP contribution in [0.1, 0.15) is 11.1 Å². The molecule has 0 bridgehead atoms. The Bertz CT molecular complexity index is 651. The third-order valence-corrected chi connectivity index (χ3v) is 2.88. The molecule has 108 valence electrons. The summed E-state index contributed by atoms with van der Waals surface area (Å²) >= 11 is 0. The quantitative estimate of drug-likeness (QED) is 0.754. The monoisotopic (exact) mass is 284 g/mol. The topological polar surface area (TPSA) is 78.4 Å². The van der Waals surface area contributed by atoms with Gasteiger partial charge in [0.1, 0.15) is 5.75 Å². The number of amides is 2. The number of benzene rings is 2. The Morgan fingerprint density at radius 2 is 1.76 bits per heavy atom. The fraction of sp³-hybridized carbons (Fsp3) is 0.125. The average Bonchev–Trinajstić information content (AvgIpc) is 2.46. The first-order chi connectivity index (χ1) is 10.0. The first-order valence-corrected chi connectivity index (χ1v) is 6.48. The van der Waals surface area contributed by atoms with E-state index in [4.69, 9.17) is 0 Å². The van der Waals surface area contributed by atoms with Crippen LogP contribution >= 0.6 is 0 Å². The van der Waals surface area contributed by atoms with Gasteiger partial charge in [0.05, 0.1) is 0 Å². The summed E-state index contributed by atoms with van der Waals surface area (Å²) < 4.78 is 0. The van der Waals surface area contributed by atoms with Crippen molar-refractivity contribution in [2.75, 3.05) is 5.32 Å². The first kappa shape index (κ1) is 14.6. The Kier molecular flexibility index (Phi) is 4.56. The number of phenolic OH excluding ortho intramolecular Hbond substituents is 1. The molecular weight excluding hydrogens is 268 g/mol. The van der Waals surface area contributed by atoms with Gasteiger partial charge in [-0.3, -0.25) is 9.59 Å². The second-order valence-corrected chi connectivity index (χ2v) is 4.67. The number of phenols is 1. The van der Waals surface area contributed by atoms with Gasteiger partial charge < -0.3 is 15.7 Å². The van der Waals surface area contributed by atoms with Crippen LogP contribution in [0, 0.1) is 6.92 Å². The van der Waals surface area contributed by atoms with Gasteiger partial charge in [0.15, 0.2) is 0 Å². The minimum atomic E-state index is -0.771. The number of hydrogen-bond donors (Lipinski definition) is 3. The fourth-order valence-corrected chi connectivity index (χ4v) is 1.74. The number of anilines is 1. The highest BCUT2D eigenvalue weighted by Crippen LogP contribution is 2.15. The molecular formula is C16H16N2O3. The van der Waals surface area contributed by atoms with E-state index in [0.717, 1.165) is 11.1 Å². The van der Waals surface area contributed by atoms with Gasteiger partial charge >= 0.3 is 11.8 Å². The van der Waals surface area contributed by atoms with E-state index in [2.05, 4.69) is 10.6 Å². The third-order valence-electron chi connectivity index (χ3n) is 2.88. The molecule has 3 N–H and O–H groups in total. The molecule has 2 aromatic rings. The van der Waals surface area contributed by atoms with E-state index in [-0.39, 0.29) is 12.3 Å². The molecule has 0 radical (unpaired) electrons. The van der Waals surface area contributed by atoms with E-state index >= 15 is 0 Å². The molecule has 0 aliphatic heterocycles. The largest absolute Gasteiger partial charge is 0.508 e. The maximum absolute atomic E-state index is 11.7. The summed E-state index contributed by atoms with van der Waals surface area (Å²) in [5.74, 6) is -1.47. The van der Waals surface area contributed by atoms with Crippen LogP contribution in [0.25, 0.3) is 0 Å². The smallest absolute Gasteiger partial charge is 0.313 e. The molecule has 2 amide bonds. The van der Waals surface area contributed by atoms with Crippen molar-refractivity contribution in [2.24, 2.45) is 0 Å². The van der Waals surface area contributed by atoms with Crippen molar-refractivity contribution >= 4 is 17.5 Å². The summed E-state index contributed by atoms with van der Waals surface area (Å²) in [5.41, 5.74) is 2.41. The van der Waals surface area contributed by atoms with Gasteiger partial charge in [-0.2, -0.15) is 0 Å². The minimum absolute atomic E-state index is 0.0212. The van der Waals surface area contributed by atoms with Crippen LogP contribution in [0.2, 0.25) is 0 Å². The second-order valence-electron chi connectivity index (χ2n) is 4.67. The van der Waals surface area contributed by atoms with E-state index in [1.54, 1.807) is 12.1 Å². The molecule has 0 spiro atoms. The zero-order valence-corrected chi connectivity index (χ0v) is 11.6. The summed E-state index contributed by atoms with van der Waals surface area (Å²) in [6.45, 7) is 2.26. The number of aromatic hydroxyl groups is 1. The summed E-state index contributed by atoms with van der Waals surface area (Å²) in [4.78, 5) is 23.4. The van der Waals surface area contributed by atoms with Gasteiger partial charge in [0, 0.05) is 18.3 Å². The van der Waals surface area contributed by atoms with E-state index in [1.807, 2.05) is 31.2 Å². The second kappa shape index (κ2) is 6.56. The van der Waals surface area contributed by atoms with Crippen LogP contribution in [-0.2, 0) is 16.1 Å². The summed E-state index contributed by atoms with van der Waals surface area (Å²) in [6, 6.07) is 13.7. The number of nitrogens with one attached hydrogen (secondary N) is 2. The lowest BCUT2D eigenvalue weighted by Crippen LogP contribution is -2.34. The molecule has 0 fully saturated rings. The predicted molar refractivity (Wildman–Crippen MR) is 79.8 cm³/mol. The van der Waals surface area contributed by atoms with Crippen LogP contribution in [-0.4, -0.2) is 16.9 Å². The van der Waals surface area contributed by atoms with Gasteiger partial charge in [-0.15, -0.1) is 0 Å². The molecule has 0 saturated heterocycles. The van der Waals surface area contributed by atoms with Gasteiger partial charge in [-0.05, 0) is 24.6 Å².